The smallest absolute Gasteiger partial charge is 0.267 e. The van der Waals surface area contributed by atoms with Crippen LogP contribution in [0.25, 0.3) is 0 Å². The predicted molar refractivity (Wildman–Crippen MR) is 129 cm³/mol. The van der Waals surface area contributed by atoms with Gasteiger partial charge in [0, 0.05) is 18.8 Å². The molecule has 4 rings (SSSR count). The van der Waals surface area contributed by atoms with E-state index >= 15 is 0 Å². The lowest BCUT2D eigenvalue weighted by molar-refractivity contribution is -0.122. The van der Waals surface area contributed by atoms with Crippen LogP contribution in [0.15, 0.2) is 64.7 Å². The Kier molecular flexibility index (Phi) is 6.03. The summed E-state index contributed by atoms with van der Waals surface area (Å²) >= 11 is 12.4. The molecular formula is C23H22Cl2N4O3S. The summed E-state index contributed by atoms with van der Waals surface area (Å²) in [5.74, 6) is 0.0112. The molecule has 2 heterocycles. The van der Waals surface area contributed by atoms with Crippen molar-refractivity contribution >= 4 is 45.0 Å². The molecule has 1 aliphatic rings. The van der Waals surface area contributed by atoms with Crippen LogP contribution >= 0.6 is 23.2 Å². The number of hydrogen-bond donors (Lipinski definition) is 1. The maximum atomic E-state index is 13.7. The number of benzene rings is 2. The summed E-state index contributed by atoms with van der Waals surface area (Å²) < 4.78 is 28.9. The number of amides is 1. The van der Waals surface area contributed by atoms with Crippen molar-refractivity contribution in [1.29, 1.82) is 0 Å². The number of aromatic nitrogens is 2. The van der Waals surface area contributed by atoms with Crippen LogP contribution in [0.2, 0.25) is 10.0 Å². The Morgan fingerprint density at radius 3 is 2.33 bits per heavy atom. The Hall–Kier alpha value is -2.81. The monoisotopic (exact) mass is 504 g/mol. The molecular weight excluding hydrogens is 483 g/mol. The molecule has 1 atom stereocenters. The minimum absolute atomic E-state index is 0.0349. The number of rotatable bonds is 4. The van der Waals surface area contributed by atoms with E-state index in [9.17, 15) is 13.2 Å². The van der Waals surface area contributed by atoms with Crippen LogP contribution in [-0.2, 0) is 14.8 Å². The highest BCUT2D eigenvalue weighted by Crippen LogP contribution is 2.39. The number of aryl methyl sites for hydroxylation is 2. The number of fused-ring (bicyclic) bond motifs is 1. The first-order valence-corrected chi connectivity index (χ1v) is 12.3. The average Bonchev–Trinajstić information content (AvgIpc) is 3.13. The minimum atomic E-state index is -4.08. The predicted octanol–water partition coefficient (Wildman–Crippen LogP) is 4.94. The first-order valence-electron chi connectivity index (χ1n) is 10.1. The summed E-state index contributed by atoms with van der Waals surface area (Å²) in [6, 6.07) is 12.6. The number of carbonyl (C=O) groups excluding carboxylic acids is 1. The fourth-order valence-electron chi connectivity index (χ4n) is 3.81. The van der Waals surface area contributed by atoms with E-state index in [0.717, 1.165) is 15.6 Å². The van der Waals surface area contributed by atoms with Gasteiger partial charge in [0.1, 0.15) is 11.9 Å². The largest absolute Gasteiger partial charge is 0.344 e. The molecule has 0 saturated carbocycles. The fraction of sp³-hybridized carbons (Fsp3) is 0.217. The molecule has 7 nitrogen and oxygen atoms in total. The van der Waals surface area contributed by atoms with Gasteiger partial charge in [-0.15, -0.1) is 0 Å². The number of nitrogens with zero attached hydrogens (tertiary/aromatic N) is 3. The zero-order chi connectivity index (χ0) is 24.1. The topological polar surface area (TPSA) is 84.3 Å². The Bertz CT molecular complexity index is 1400. The number of halogens is 2. The molecule has 1 aliphatic heterocycles. The van der Waals surface area contributed by atoms with Crippen molar-refractivity contribution in [3.05, 3.63) is 86.7 Å². The summed E-state index contributed by atoms with van der Waals surface area (Å²) in [4.78, 5) is 13.7. The van der Waals surface area contributed by atoms with Crippen molar-refractivity contribution in [3.63, 3.8) is 0 Å². The van der Waals surface area contributed by atoms with Gasteiger partial charge in [-0.05, 0) is 50.6 Å². The standard InChI is InChI=1S/C23H22Cl2N4O3S/c1-13-5-8-17(9-6-13)33(31,32)28(4)23(30)21-15(3)26-20-11-14(2)27-29(20)22(21)16-7-10-18(24)19(25)12-16/h5-12,22,26H,1-4H3. The highest BCUT2D eigenvalue weighted by molar-refractivity contribution is 7.89. The average molecular weight is 505 g/mol. The Balaban J connectivity index is 1.83. The van der Waals surface area contributed by atoms with Gasteiger partial charge in [0.2, 0.25) is 0 Å². The van der Waals surface area contributed by atoms with Gasteiger partial charge in [0.15, 0.2) is 0 Å². The van der Waals surface area contributed by atoms with Crippen LogP contribution in [0.5, 0.6) is 0 Å². The normalized spacial score (nSPS) is 15.8. The Labute approximate surface area is 202 Å². The molecule has 0 radical (unpaired) electrons. The summed E-state index contributed by atoms with van der Waals surface area (Å²) in [6.07, 6.45) is 0. The number of hydrogen-bond acceptors (Lipinski definition) is 5. The van der Waals surface area contributed by atoms with E-state index in [1.54, 1.807) is 41.9 Å². The molecule has 0 bridgehead atoms. The molecule has 1 amide bonds. The van der Waals surface area contributed by atoms with E-state index < -0.39 is 22.0 Å². The molecule has 0 spiro atoms. The first-order chi connectivity index (χ1) is 15.5. The molecule has 172 valence electrons. The Morgan fingerprint density at radius 1 is 1.03 bits per heavy atom. The van der Waals surface area contributed by atoms with Crippen molar-refractivity contribution in [2.45, 2.75) is 31.7 Å². The maximum absolute atomic E-state index is 13.7. The third kappa shape index (κ3) is 4.14. The van der Waals surface area contributed by atoms with E-state index in [1.807, 2.05) is 19.9 Å². The number of sulfonamides is 1. The second-order valence-corrected chi connectivity index (χ2v) is 10.7. The summed E-state index contributed by atoms with van der Waals surface area (Å²) in [6.45, 7) is 5.43. The van der Waals surface area contributed by atoms with E-state index in [4.69, 9.17) is 23.2 Å². The van der Waals surface area contributed by atoms with Gasteiger partial charge >= 0.3 is 0 Å². The van der Waals surface area contributed by atoms with E-state index in [0.29, 0.717) is 27.1 Å². The van der Waals surface area contributed by atoms with Gasteiger partial charge in [-0.1, -0.05) is 47.0 Å². The van der Waals surface area contributed by atoms with Crippen LogP contribution in [0.1, 0.15) is 29.8 Å². The fourth-order valence-corrected chi connectivity index (χ4v) is 5.23. The zero-order valence-electron chi connectivity index (χ0n) is 18.4. The first kappa shape index (κ1) is 23.4. The van der Waals surface area contributed by atoms with Gasteiger partial charge in [0.25, 0.3) is 15.9 Å². The minimum Gasteiger partial charge on any atom is -0.344 e. The second-order valence-electron chi connectivity index (χ2n) is 7.95. The molecule has 10 heteroatoms. The van der Waals surface area contributed by atoms with Gasteiger partial charge in [0.05, 0.1) is 26.2 Å². The number of likely N-dealkylation sites (N-methyl/N-ethyl adjacent to an activating group) is 1. The van der Waals surface area contributed by atoms with Crippen molar-refractivity contribution < 1.29 is 13.2 Å². The van der Waals surface area contributed by atoms with Crippen LogP contribution in [-0.4, -0.2) is 35.5 Å². The van der Waals surface area contributed by atoms with Crippen LogP contribution in [0, 0.1) is 13.8 Å². The summed E-state index contributed by atoms with van der Waals surface area (Å²) in [5.41, 5.74) is 3.07. The molecule has 1 aromatic heterocycles. The highest BCUT2D eigenvalue weighted by atomic mass is 35.5. The number of allylic oxidation sites excluding steroid dienone is 1. The Morgan fingerprint density at radius 2 is 1.70 bits per heavy atom. The lowest BCUT2D eigenvalue weighted by Gasteiger charge is -2.31. The van der Waals surface area contributed by atoms with Gasteiger partial charge in [-0.2, -0.15) is 5.10 Å². The number of carbonyl (C=O) groups is 1. The molecule has 1 unspecified atom stereocenters. The third-order valence-corrected chi connectivity index (χ3v) is 8.04. The molecule has 3 aromatic rings. The van der Waals surface area contributed by atoms with Crippen molar-refractivity contribution in [1.82, 2.24) is 14.1 Å². The zero-order valence-corrected chi connectivity index (χ0v) is 20.8. The van der Waals surface area contributed by atoms with Crippen LogP contribution in [0.4, 0.5) is 5.82 Å². The SMILES string of the molecule is CC1=C(C(=O)N(C)S(=O)(=O)c2ccc(C)cc2)C(c2ccc(Cl)c(Cl)c2)n2nc(C)cc2N1. The number of nitrogens with one attached hydrogen (secondary N) is 1. The molecule has 0 aliphatic carbocycles. The quantitative estimate of drug-likeness (QED) is 0.543. The van der Waals surface area contributed by atoms with Crippen LogP contribution in [0.3, 0.4) is 0 Å². The molecule has 0 fully saturated rings. The van der Waals surface area contributed by atoms with Crippen LogP contribution < -0.4 is 5.32 Å². The van der Waals surface area contributed by atoms with E-state index in [-0.39, 0.29) is 10.5 Å². The maximum Gasteiger partial charge on any atom is 0.267 e. The molecule has 0 saturated heterocycles. The third-order valence-electron chi connectivity index (χ3n) is 5.55. The number of anilines is 1. The lowest BCUT2D eigenvalue weighted by Crippen LogP contribution is -2.39. The van der Waals surface area contributed by atoms with Crippen molar-refractivity contribution in [2.24, 2.45) is 0 Å². The molecule has 33 heavy (non-hydrogen) atoms. The van der Waals surface area contributed by atoms with Crippen molar-refractivity contribution in [3.8, 4) is 0 Å². The highest BCUT2D eigenvalue weighted by Gasteiger charge is 2.38. The summed E-state index contributed by atoms with van der Waals surface area (Å²) in [7, 11) is -2.82. The molecule has 2 aromatic carbocycles. The van der Waals surface area contributed by atoms with Gasteiger partial charge < -0.3 is 5.32 Å². The van der Waals surface area contributed by atoms with Crippen molar-refractivity contribution in [2.75, 3.05) is 12.4 Å². The summed E-state index contributed by atoms with van der Waals surface area (Å²) in [5, 5.41) is 8.41. The van der Waals surface area contributed by atoms with E-state index in [2.05, 4.69) is 10.4 Å². The van der Waals surface area contributed by atoms with Gasteiger partial charge in [-0.3, -0.25) is 4.79 Å². The second kappa shape index (κ2) is 8.52. The molecule has 1 N–H and O–H groups in total. The lowest BCUT2D eigenvalue weighted by atomic mass is 9.95. The van der Waals surface area contributed by atoms with Gasteiger partial charge in [-0.25, -0.2) is 17.4 Å². The van der Waals surface area contributed by atoms with E-state index in [1.165, 1.54) is 19.2 Å².